The number of carbonyl (C=O) groups is 2. The highest BCUT2D eigenvalue weighted by Gasteiger charge is 2.38. The lowest BCUT2D eigenvalue weighted by Gasteiger charge is -2.14. The first kappa shape index (κ1) is 16.2. The Kier molecular flexibility index (Phi) is 4.08. The van der Waals surface area contributed by atoms with Crippen LogP contribution >= 0.6 is 0 Å². The number of aromatic nitrogens is 1. The first-order valence-corrected chi connectivity index (χ1v) is 8.31. The van der Waals surface area contributed by atoms with Crippen LogP contribution in [0.25, 0.3) is 10.9 Å². The summed E-state index contributed by atoms with van der Waals surface area (Å²) in [6.45, 7) is 0.0593. The van der Waals surface area contributed by atoms with Crippen LogP contribution in [-0.2, 0) is 17.8 Å². The molecule has 5 nitrogen and oxygen atoms in total. The van der Waals surface area contributed by atoms with Crippen molar-refractivity contribution in [2.75, 3.05) is 0 Å². The van der Waals surface area contributed by atoms with E-state index in [-0.39, 0.29) is 18.3 Å². The van der Waals surface area contributed by atoms with Gasteiger partial charge in [0, 0.05) is 18.0 Å². The predicted octanol–water partition coefficient (Wildman–Crippen LogP) is 3.04. The lowest BCUT2D eigenvalue weighted by molar-refractivity contribution is -0.127. The monoisotopic (exact) mass is 349 g/mol. The second-order valence-corrected chi connectivity index (χ2v) is 6.22. The molecule has 0 aliphatic carbocycles. The number of carbonyl (C=O) groups excluding carboxylic acids is 2. The largest absolute Gasteiger partial charge is 0.325 e. The Hall–Kier alpha value is -3.28. The van der Waals surface area contributed by atoms with E-state index < -0.39 is 12.1 Å². The van der Waals surface area contributed by atoms with Gasteiger partial charge in [-0.25, -0.2) is 9.18 Å². The molecule has 0 spiro atoms. The molecule has 0 saturated carbocycles. The Morgan fingerprint density at radius 2 is 1.85 bits per heavy atom. The van der Waals surface area contributed by atoms with Gasteiger partial charge in [-0.2, -0.15) is 0 Å². The third-order valence-electron chi connectivity index (χ3n) is 4.52. The highest BCUT2D eigenvalue weighted by atomic mass is 19.1. The van der Waals surface area contributed by atoms with Gasteiger partial charge in [0.25, 0.3) is 5.91 Å². The van der Waals surface area contributed by atoms with Gasteiger partial charge >= 0.3 is 6.03 Å². The standard InChI is InChI=1S/C20H16FN3O2/c21-16-9-8-14(18-15(16)7-4-10-22-18)12-24-19(25)17(23-20(24)26)11-13-5-2-1-3-6-13/h1-10,17H,11-12H2,(H,23,26)/t17-/m0/s1. The van der Waals surface area contributed by atoms with Crippen molar-refractivity contribution in [1.29, 1.82) is 0 Å². The van der Waals surface area contributed by atoms with E-state index in [4.69, 9.17) is 0 Å². The lowest BCUT2D eigenvalue weighted by atomic mass is 10.1. The minimum Gasteiger partial charge on any atom is -0.325 e. The average Bonchev–Trinajstić information content (AvgIpc) is 2.92. The molecule has 2 aromatic carbocycles. The lowest BCUT2D eigenvalue weighted by Crippen LogP contribution is -2.32. The normalized spacial score (nSPS) is 17.0. The molecule has 2 heterocycles. The number of amides is 3. The van der Waals surface area contributed by atoms with Crippen LogP contribution in [0.5, 0.6) is 0 Å². The first-order chi connectivity index (χ1) is 12.6. The molecule has 1 N–H and O–H groups in total. The second-order valence-electron chi connectivity index (χ2n) is 6.22. The number of pyridine rings is 1. The number of halogens is 1. The van der Waals surface area contributed by atoms with E-state index in [1.54, 1.807) is 24.4 Å². The molecule has 26 heavy (non-hydrogen) atoms. The third kappa shape index (κ3) is 2.90. The number of benzene rings is 2. The third-order valence-corrected chi connectivity index (χ3v) is 4.52. The van der Waals surface area contributed by atoms with Crippen LogP contribution in [0.1, 0.15) is 11.1 Å². The number of nitrogens with zero attached hydrogens (tertiary/aromatic N) is 2. The fraction of sp³-hybridized carbons (Fsp3) is 0.150. The summed E-state index contributed by atoms with van der Waals surface area (Å²) >= 11 is 0. The minimum atomic E-state index is -0.593. The highest BCUT2D eigenvalue weighted by Crippen LogP contribution is 2.23. The summed E-state index contributed by atoms with van der Waals surface area (Å²) in [7, 11) is 0. The molecule has 1 aliphatic rings. The van der Waals surface area contributed by atoms with Crippen LogP contribution in [0.2, 0.25) is 0 Å². The van der Waals surface area contributed by atoms with Crippen LogP contribution in [0.15, 0.2) is 60.8 Å². The maximum Gasteiger partial charge on any atom is 0.325 e. The molecule has 0 radical (unpaired) electrons. The Morgan fingerprint density at radius 1 is 1.04 bits per heavy atom. The number of nitrogens with one attached hydrogen (secondary N) is 1. The van der Waals surface area contributed by atoms with Crippen molar-refractivity contribution >= 4 is 22.8 Å². The van der Waals surface area contributed by atoms with Gasteiger partial charge < -0.3 is 5.32 Å². The van der Waals surface area contributed by atoms with E-state index in [1.165, 1.54) is 6.07 Å². The van der Waals surface area contributed by atoms with Crippen molar-refractivity contribution in [2.24, 2.45) is 0 Å². The summed E-state index contributed by atoms with van der Waals surface area (Å²) in [5, 5.41) is 3.10. The van der Waals surface area contributed by atoms with Gasteiger partial charge in [-0.05, 0) is 29.3 Å². The summed E-state index contributed by atoms with van der Waals surface area (Å²) < 4.78 is 13.9. The summed E-state index contributed by atoms with van der Waals surface area (Å²) in [6, 6.07) is 14.7. The van der Waals surface area contributed by atoms with Gasteiger partial charge in [-0.1, -0.05) is 36.4 Å². The summed E-state index contributed by atoms with van der Waals surface area (Å²) in [4.78, 5) is 30.3. The Morgan fingerprint density at radius 3 is 2.65 bits per heavy atom. The molecule has 130 valence electrons. The molecule has 1 fully saturated rings. The summed E-state index contributed by atoms with van der Waals surface area (Å²) in [5.74, 6) is -0.664. The van der Waals surface area contributed by atoms with Crippen LogP contribution in [0.4, 0.5) is 9.18 Å². The number of hydrogen-bond acceptors (Lipinski definition) is 3. The zero-order valence-electron chi connectivity index (χ0n) is 13.9. The molecule has 4 rings (SSSR count). The van der Waals surface area contributed by atoms with E-state index in [0.717, 1.165) is 10.5 Å². The van der Waals surface area contributed by atoms with E-state index in [0.29, 0.717) is 22.9 Å². The van der Waals surface area contributed by atoms with Gasteiger partial charge in [0.1, 0.15) is 11.9 Å². The molecule has 1 aliphatic heterocycles. The van der Waals surface area contributed by atoms with Crippen LogP contribution < -0.4 is 5.32 Å². The molecule has 0 bridgehead atoms. The predicted molar refractivity (Wildman–Crippen MR) is 94.7 cm³/mol. The second kappa shape index (κ2) is 6.55. The first-order valence-electron chi connectivity index (χ1n) is 8.31. The van der Waals surface area contributed by atoms with Gasteiger partial charge in [0.15, 0.2) is 0 Å². The summed E-state index contributed by atoms with van der Waals surface area (Å²) in [5.41, 5.74) is 2.06. The Bertz CT molecular complexity index is 991. The number of rotatable bonds is 4. The maximum atomic E-state index is 13.9. The smallest absolute Gasteiger partial charge is 0.325 e. The maximum absolute atomic E-state index is 13.9. The van der Waals surface area contributed by atoms with Crippen LogP contribution in [0, 0.1) is 5.82 Å². The average molecular weight is 349 g/mol. The topological polar surface area (TPSA) is 62.3 Å². The van der Waals surface area contributed by atoms with Gasteiger partial charge in [0.2, 0.25) is 0 Å². The molecule has 1 atom stereocenters. The highest BCUT2D eigenvalue weighted by molar-refractivity contribution is 6.04. The number of urea groups is 1. The van der Waals surface area contributed by atoms with Crippen LogP contribution in [0.3, 0.4) is 0 Å². The van der Waals surface area contributed by atoms with Crippen molar-refractivity contribution in [3.63, 3.8) is 0 Å². The van der Waals surface area contributed by atoms with Crippen molar-refractivity contribution in [3.05, 3.63) is 77.7 Å². The Labute approximate surface area is 149 Å². The van der Waals surface area contributed by atoms with Gasteiger partial charge in [-0.3, -0.25) is 14.7 Å². The SMILES string of the molecule is O=C1N[C@@H](Cc2ccccc2)C(=O)N1Cc1ccc(F)c2cccnc12. The molecule has 1 saturated heterocycles. The van der Waals surface area contributed by atoms with E-state index in [2.05, 4.69) is 10.3 Å². The van der Waals surface area contributed by atoms with Crippen LogP contribution in [-0.4, -0.2) is 27.9 Å². The quantitative estimate of drug-likeness (QED) is 0.737. The van der Waals surface area contributed by atoms with Crippen molar-refractivity contribution in [3.8, 4) is 0 Å². The number of imide groups is 1. The minimum absolute atomic E-state index is 0.0593. The summed E-state index contributed by atoms with van der Waals surface area (Å²) in [6.07, 6.45) is 2.00. The van der Waals surface area contributed by atoms with Gasteiger partial charge in [0.05, 0.1) is 12.1 Å². The molecule has 0 unspecified atom stereocenters. The molecule has 1 aromatic heterocycles. The zero-order chi connectivity index (χ0) is 18.1. The molecule has 3 aromatic rings. The zero-order valence-corrected chi connectivity index (χ0v) is 13.9. The number of hydrogen-bond donors (Lipinski definition) is 1. The van der Waals surface area contributed by atoms with E-state index in [9.17, 15) is 14.0 Å². The molecule has 3 amide bonds. The van der Waals surface area contributed by atoms with Crippen molar-refractivity contribution < 1.29 is 14.0 Å². The van der Waals surface area contributed by atoms with Crippen molar-refractivity contribution in [1.82, 2.24) is 15.2 Å². The molecular weight excluding hydrogens is 333 g/mol. The van der Waals surface area contributed by atoms with E-state index in [1.807, 2.05) is 30.3 Å². The molecule has 6 heteroatoms. The number of fused-ring (bicyclic) bond motifs is 1. The van der Waals surface area contributed by atoms with Gasteiger partial charge in [-0.15, -0.1) is 0 Å². The van der Waals surface area contributed by atoms with Crippen molar-refractivity contribution in [2.45, 2.75) is 19.0 Å². The fourth-order valence-corrected chi connectivity index (χ4v) is 3.21. The molecular formula is C20H16FN3O2. The van der Waals surface area contributed by atoms with E-state index >= 15 is 0 Å². The Balaban J connectivity index is 1.58. The fourth-order valence-electron chi connectivity index (χ4n) is 3.21.